The highest BCUT2D eigenvalue weighted by atomic mass is 32.2. The van der Waals surface area contributed by atoms with Crippen LogP contribution in [-0.4, -0.2) is 60.4 Å². The highest BCUT2D eigenvalue weighted by Crippen LogP contribution is 2.23. The number of hydrogen-bond donors (Lipinski definition) is 0. The monoisotopic (exact) mass is 423 g/mol. The van der Waals surface area contributed by atoms with E-state index in [0.29, 0.717) is 9.75 Å². The van der Waals surface area contributed by atoms with Gasteiger partial charge in [0.15, 0.2) is 5.78 Å². The Morgan fingerprint density at radius 1 is 1.07 bits per heavy atom. The van der Waals surface area contributed by atoms with Crippen molar-refractivity contribution < 1.29 is 22.9 Å². The molecule has 0 saturated carbocycles. The number of Topliss-reactive ketones (excluding diaryl/α,β-unsaturated/α-hetero) is 1. The third kappa shape index (κ3) is 3.96. The third-order valence-electron chi connectivity index (χ3n) is 4.36. The summed E-state index contributed by atoms with van der Waals surface area (Å²) in [6.07, 6.45) is 0. The molecule has 28 heavy (non-hydrogen) atoms. The lowest BCUT2D eigenvalue weighted by atomic mass is 10.3. The molecule has 0 N–H and O–H groups in total. The second-order valence-corrected chi connectivity index (χ2v) is 9.19. The van der Waals surface area contributed by atoms with Crippen LogP contribution < -0.4 is 0 Å². The van der Waals surface area contributed by atoms with Crippen molar-refractivity contribution in [3.63, 3.8) is 0 Å². The number of nitro groups is 1. The maximum Gasteiger partial charge on any atom is 0.270 e. The van der Waals surface area contributed by atoms with Gasteiger partial charge in [0.1, 0.15) is 0 Å². The first-order valence-corrected chi connectivity index (χ1v) is 10.6. The number of benzene rings is 1. The lowest BCUT2D eigenvalue weighted by molar-refractivity contribution is -0.385. The van der Waals surface area contributed by atoms with Crippen LogP contribution in [0.15, 0.2) is 41.3 Å². The first-order chi connectivity index (χ1) is 13.2. The lowest BCUT2D eigenvalue weighted by Gasteiger charge is -2.33. The van der Waals surface area contributed by atoms with Gasteiger partial charge >= 0.3 is 0 Å². The number of thiophene rings is 1. The van der Waals surface area contributed by atoms with E-state index >= 15 is 0 Å². The molecule has 0 unspecified atom stereocenters. The zero-order chi connectivity index (χ0) is 20.5. The number of hydrogen-bond acceptors (Lipinski definition) is 7. The van der Waals surface area contributed by atoms with Gasteiger partial charge in [0.2, 0.25) is 10.0 Å². The van der Waals surface area contributed by atoms with E-state index in [1.54, 1.807) is 12.1 Å². The highest BCUT2D eigenvalue weighted by molar-refractivity contribution is 7.89. The Morgan fingerprint density at radius 2 is 1.71 bits per heavy atom. The summed E-state index contributed by atoms with van der Waals surface area (Å²) < 4.78 is 26.7. The van der Waals surface area contributed by atoms with Crippen LogP contribution in [0.5, 0.6) is 0 Å². The van der Waals surface area contributed by atoms with Crippen molar-refractivity contribution in [2.75, 3.05) is 26.2 Å². The van der Waals surface area contributed by atoms with E-state index in [2.05, 4.69) is 0 Å². The van der Waals surface area contributed by atoms with Crippen molar-refractivity contribution >= 4 is 38.7 Å². The molecular formula is C17H17N3O6S2. The predicted molar refractivity (Wildman–Crippen MR) is 102 cm³/mol. The number of nitro benzene ring substituents is 1. The largest absolute Gasteiger partial charge is 0.335 e. The molecule has 11 heteroatoms. The molecular weight excluding hydrogens is 406 g/mol. The molecule has 0 radical (unpaired) electrons. The van der Waals surface area contributed by atoms with Crippen LogP contribution in [0.3, 0.4) is 0 Å². The van der Waals surface area contributed by atoms with Gasteiger partial charge in [-0.3, -0.25) is 19.7 Å². The fourth-order valence-electron chi connectivity index (χ4n) is 2.84. The summed E-state index contributed by atoms with van der Waals surface area (Å²) in [6, 6.07) is 8.09. The standard InChI is InChI=1S/C17H17N3O6S2/c1-12(21)15-5-6-16(27-15)17(22)18-7-9-19(10-8-18)28(25,26)14-4-2-3-13(11-14)20(23)24/h2-6,11H,7-10H2,1H3. The molecule has 1 fully saturated rings. The van der Waals surface area contributed by atoms with E-state index in [1.807, 2.05) is 0 Å². The van der Waals surface area contributed by atoms with Crippen LogP contribution >= 0.6 is 11.3 Å². The summed E-state index contributed by atoms with van der Waals surface area (Å²) in [7, 11) is -3.89. The quantitative estimate of drug-likeness (QED) is 0.412. The summed E-state index contributed by atoms with van der Waals surface area (Å²) >= 11 is 1.11. The van der Waals surface area contributed by atoms with Crippen molar-refractivity contribution in [3.05, 3.63) is 56.3 Å². The second-order valence-electron chi connectivity index (χ2n) is 6.17. The van der Waals surface area contributed by atoms with Crippen LogP contribution in [-0.2, 0) is 10.0 Å². The van der Waals surface area contributed by atoms with Crippen LogP contribution in [0.4, 0.5) is 5.69 Å². The maximum atomic E-state index is 12.8. The number of sulfonamides is 1. The second kappa shape index (κ2) is 7.78. The van der Waals surface area contributed by atoms with Gasteiger partial charge in [-0.2, -0.15) is 4.31 Å². The van der Waals surface area contributed by atoms with Gasteiger partial charge in [-0.1, -0.05) is 6.07 Å². The third-order valence-corrected chi connectivity index (χ3v) is 7.42. The summed E-state index contributed by atoms with van der Waals surface area (Å²) in [5.41, 5.74) is -0.297. The molecule has 0 spiro atoms. The molecule has 148 valence electrons. The summed E-state index contributed by atoms with van der Waals surface area (Å²) in [5.74, 6) is -0.359. The number of nitrogens with zero attached hydrogens (tertiary/aromatic N) is 3. The van der Waals surface area contributed by atoms with Crippen molar-refractivity contribution in [2.45, 2.75) is 11.8 Å². The van der Waals surface area contributed by atoms with E-state index in [0.717, 1.165) is 17.4 Å². The molecule has 1 saturated heterocycles. The number of non-ortho nitro benzene ring substituents is 1. The van der Waals surface area contributed by atoms with Crippen molar-refractivity contribution in [1.29, 1.82) is 0 Å². The number of carbonyl (C=O) groups excluding carboxylic acids is 2. The SMILES string of the molecule is CC(=O)c1ccc(C(=O)N2CCN(S(=O)(=O)c3cccc([N+](=O)[O-])c3)CC2)s1. The molecule has 1 amide bonds. The first kappa shape index (κ1) is 20.1. The molecule has 1 aliphatic heterocycles. The number of rotatable bonds is 5. The Bertz CT molecular complexity index is 1040. The van der Waals surface area contributed by atoms with Gasteiger partial charge < -0.3 is 4.90 Å². The first-order valence-electron chi connectivity index (χ1n) is 8.35. The molecule has 1 aliphatic rings. The summed E-state index contributed by atoms with van der Waals surface area (Å²) in [5, 5.41) is 10.9. The van der Waals surface area contributed by atoms with Gasteiger partial charge in [0.05, 0.1) is 19.6 Å². The normalized spacial score (nSPS) is 15.4. The average molecular weight is 423 g/mol. The minimum Gasteiger partial charge on any atom is -0.335 e. The Labute approximate surface area is 165 Å². The molecule has 9 nitrogen and oxygen atoms in total. The minimum absolute atomic E-state index is 0.0850. The molecule has 0 bridgehead atoms. The smallest absolute Gasteiger partial charge is 0.270 e. The number of ketones is 1. The van der Waals surface area contributed by atoms with E-state index in [9.17, 15) is 28.1 Å². The molecule has 1 aromatic heterocycles. The van der Waals surface area contributed by atoms with Gasteiger partial charge in [-0.25, -0.2) is 8.42 Å². The van der Waals surface area contributed by atoms with Crippen molar-refractivity contribution in [1.82, 2.24) is 9.21 Å². The van der Waals surface area contributed by atoms with Gasteiger partial charge in [-0.15, -0.1) is 11.3 Å². The number of piperazine rings is 1. The van der Waals surface area contributed by atoms with Gasteiger partial charge in [0.25, 0.3) is 11.6 Å². The predicted octanol–water partition coefficient (Wildman–Crippen LogP) is 2.01. The zero-order valence-corrected chi connectivity index (χ0v) is 16.5. The van der Waals surface area contributed by atoms with Crippen LogP contribution in [0.25, 0.3) is 0 Å². The summed E-state index contributed by atoms with van der Waals surface area (Å²) in [4.78, 5) is 36.5. The Balaban J connectivity index is 1.70. The van der Waals surface area contributed by atoms with Crippen LogP contribution in [0.1, 0.15) is 26.3 Å². The van der Waals surface area contributed by atoms with Crippen LogP contribution in [0, 0.1) is 10.1 Å². The number of carbonyl (C=O) groups is 2. The molecule has 1 aromatic carbocycles. The summed E-state index contributed by atoms with van der Waals surface area (Å²) in [6.45, 7) is 1.99. The van der Waals surface area contributed by atoms with E-state index in [4.69, 9.17) is 0 Å². The van der Waals surface area contributed by atoms with Gasteiger partial charge in [-0.05, 0) is 25.1 Å². The number of amides is 1. The minimum atomic E-state index is -3.89. The van der Waals surface area contributed by atoms with E-state index in [1.165, 1.54) is 34.3 Å². The zero-order valence-electron chi connectivity index (χ0n) is 14.9. The molecule has 2 heterocycles. The average Bonchev–Trinajstić information content (AvgIpc) is 3.18. The molecule has 0 aliphatic carbocycles. The fourth-order valence-corrected chi connectivity index (χ4v) is 5.17. The topological polar surface area (TPSA) is 118 Å². The maximum absolute atomic E-state index is 12.8. The lowest BCUT2D eigenvalue weighted by Crippen LogP contribution is -2.50. The Morgan fingerprint density at radius 3 is 2.29 bits per heavy atom. The van der Waals surface area contributed by atoms with Crippen LogP contribution in [0.2, 0.25) is 0 Å². The van der Waals surface area contributed by atoms with E-state index in [-0.39, 0.29) is 48.5 Å². The Hall–Kier alpha value is -2.63. The van der Waals surface area contributed by atoms with Crippen molar-refractivity contribution in [3.8, 4) is 0 Å². The van der Waals surface area contributed by atoms with Crippen molar-refractivity contribution in [2.24, 2.45) is 0 Å². The van der Waals surface area contributed by atoms with E-state index < -0.39 is 14.9 Å². The Kier molecular flexibility index (Phi) is 5.59. The fraction of sp³-hybridized carbons (Fsp3) is 0.294. The van der Waals surface area contributed by atoms with Gasteiger partial charge in [0, 0.05) is 38.3 Å². The highest BCUT2D eigenvalue weighted by Gasteiger charge is 2.31. The molecule has 3 rings (SSSR count). The molecule has 2 aromatic rings. The molecule has 0 atom stereocenters.